The summed E-state index contributed by atoms with van der Waals surface area (Å²) in [6, 6.07) is 1.06. The van der Waals surface area contributed by atoms with Crippen molar-refractivity contribution in [1.29, 1.82) is 0 Å². The molecule has 1 rings (SSSR count). The number of aromatic nitrogens is 1. The Morgan fingerprint density at radius 1 is 1.47 bits per heavy atom. The van der Waals surface area contributed by atoms with Crippen LogP contribution in [0.25, 0.3) is 0 Å². The molecule has 0 aliphatic carbocycles. The highest BCUT2D eigenvalue weighted by Gasteiger charge is 2.30. The van der Waals surface area contributed by atoms with Crippen LogP contribution in [0, 0.1) is 0 Å². The first-order valence-corrected chi connectivity index (χ1v) is 6.65. The number of nitrogens with zero attached hydrogens (tertiary/aromatic N) is 1. The minimum Gasteiger partial charge on any atom is -0.242 e. The predicted octanol–water partition coefficient (Wildman–Crippen LogP) is 2.34. The van der Waals surface area contributed by atoms with Crippen LogP contribution in [0.5, 0.6) is 0 Å². The second-order valence-electron chi connectivity index (χ2n) is 2.88. The van der Waals surface area contributed by atoms with Crippen molar-refractivity contribution in [3.63, 3.8) is 0 Å². The van der Waals surface area contributed by atoms with Crippen LogP contribution in [0.1, 0.15) is 0 Å². The number of nitrogens with one attached hydrogen (secondary N) is 1. The number of hydrogen-bond donors (Lipinski definition) is 1. The van der Waals surface area contributed by atoms with E-state index in [1.54, 1.807) is 0 Å². The van der Waals surface area contributed by atoms with Crippen molar-refractivity contribution in [1.82, 2.24) is 9.71 Å². The second kappa shape index (κ2) is 5.09. The highest BCUT2D eigenvalue weighted by Crippen LogP contribution is 2.23. The van der Waals surface area contributed by atoms with Gasteiger partial charge in [0, 0.05) is 6.20 Å². The van der Waals surface area contributed by atoms with Crippen molar-refractivity contribution < 1.29 is 21.6 Å². The molecule has 0 unspecified atom stereocenters. The van der Waals surface area contributed by atoms with Gasteiger partial charge >= 0.3 is 6.18 Å². The molecule has 0 radical (unpaired) electrons. The summed E-state index contributed by atoms with van der Waals surface area (Å²) in [5, 5.41) is 0.0137. The Balaban J connectivity index is 2.94. The summed E-state index contributed by atoms with van der Waals surface area (Å²) in [7, 11) is -4.25. The Kier molecular flexibility index (Phi) is 4.39. The number of alkyl halides is 3. The zero-order chi connectivity index (χ0) is 13.3. The molecule has 0 aliphatic heterocycles. The number of pyridine rings is 1. The molecule has 0 fully saturated rings. The minimum atomic E-state index is -4.62. The fraction of sp³-hybridized carbons (Fsp3) is 0.286. The molecule has 0 saturated heterocycles. The van der Waals surface area contributed by atoms with Gasteiger partial charge in [-0.1, -0.05) is 11.6 Å². The van der Waals surface area contributed by atoms with E-state index in [0.717, 1.165) is 12.3 Å². The molecule has 1 aromatic heterocycles. The summed E-state index contributed by atoms with van der Waals surface area (Å²) < 4.78 is 60.1. The normalized spacial score (nSPS) is 12.8. The van der Waals surface area contributed by atoms with Crippen molar-refractivity contribution in [3.05, 3.63) is 21.9 Å². The lowest BCUT2D eigenvalue weighted by Gasteiger charge is -2.09. The Labute approximate surface area is 108 Å². The van der Waals surface area contributed by atoms with Crippen molar-refractivity contribution in [2.24, 2.45) is 0 Å². The fourth-order valence-corrected chi connectivity index (χ4v) is 2.40. The van der Waals surface area contributed by atoms with Crippen LogP contribution in [-0.4, -0.2) is 26.1 Å². The molecule has 4 nitrogen and oxygen atoms in total. The van der Waals surface area contributed by atoms with Gasteiger partial charge in [0.2, 0.25) is 10.0 Å². The number of sulfonamides is 1. The summed E-state index contributed by atoms with van der Waals surface area (Å²) >= 11 is 8.45. The molecule has 0 amide bonds. The molecule has 0 atom stereocenters. The zero-order valence-electron chi connectivity index (χ0n) is 7.92. The second-order valence-corrected chi connectivity index (χ2v) is 5.86. The lowest BCUT2D eigenvalue weighted by molar-refractivity contribution is -0.121. The van der Waals surface area contributed by atoms with Gasteiger partial charge in [0.1, 0.15) is 16.6 Å². The fourth-order valence-electron chi connectivity index (χ4n) is 0.811. The Morgan fingerprint density at radius 2 is 2.06 bits per heavy atom. The van der Waals surface area contributed by atoms with Crippen molar-refractivity contribution in [2.75, 3.05) is 6.54 Å². The summed E-state index contributed by atoms with van der Waals surface area (Å²) in [5.41, 5.74) is 0. The number of rotatable bonds is 3. The van der Waals surface area contributed by atoms with E-state index in [2.05, 4.69) is 20.9 Å². The zero-order valence-corrected chi connectivity index (χ0v) is 11.1. The maximum atomic E-state index is 11.9. The predicted molar refractivity (Wildman–Crippen MR) is 58.2 cm³/mol. The molecule has 0 spiro atoms. The highest BCUT2D eigenvalue weighted by atomic mass is 79.9. The molecular formula is C7H5BrClF3N2O2S. The van der Waals surface area contributed by atoms with Crippen LogP contribution in [0.15, 0.2) is 21.6 Å². The van der Waals surface area contributed by atoms with Gasteiger partial charge in [0.15, 0.2) is 0 Å². The van der Waals surface area contributed by atoms with Crippen LogP contribution in [0.4, 0.5) is 13.2 Å². The lowest BCUT2D eigenvalue weighted by Crippen LogP contribution is -2.33. The molecule has 1 N–H and O–H groups in total. The average Bonchev–Trinajstić information content (AvgIpc) is 2.18. The van der Waals surface area contributed by atoms with Gasteiger partial charge in [-0.3, -0.25) is 0 Å². The molecule has 10 heteroatoms. The monoisotopic (exact) mass is 352 g/mol. The highest BCUT2D eigenvalue weighted by molar-refractivity contribution is 9.10. The van der Waals surface area contributed by atoms with E-state index in [1.165, 1.54) is 4.72 Å². The third-order valence-electron chi connectivity index (χ3n) is 1.54. The van der Waals surface area contributed by atoms with E-state index in [1.807, 2.05) is 0 Å². The van der Waals surface area contributed by atoms with Gasteiger partial charge < -0.3 is 0 Å². The van der Waals surface area contributed by atoms with Gasteiger partial charge in [-0.2, -0.15) is 13.2 Å². The first-order valence-electron chi connectivity index (χ1n) is 3.99. The molecule has 96 valence electrons. The maximum Gasteiger partial charge on any atom is 0.402 e. The average molecular weight is 354 g/mol. The van der Waals surface area contributed by atoms with Crippen LogP contribution in [0.3, 0.4) is 0 Å². The maximum absolute atomic E-state index is 11.9. The number of halogens is 5. The third-order valence-corrected chi connectivity index (χ3v) is 4.05. The topological polar surface area (TPSA) is 59.1 Å². The molecule has 1 heterocycles. The van der Waals surface area contributed by atoms with E-state index in [0.29, 0.717) is 0 Å². The molecule has 0 aromatic carbocycles. The quantitative estimate of drug-likeness (QED) is 0.849. The minimum absolute atomic E-state index is 0.0137. The molecule has 0 aliphatic rings. The summed E-state index contributed by atoms with van der Waals surface area (Å²) in [4.78, 5) is 3.10. The van der Waals surface area contributed by atoms with Crippen LogP contribution in [0.2, 0.25) is 5.15 Å². The first-order chi connectivity index (χ1) is 7.62. The van der Waals surface area contributed by atoms with Gasteiger partial charge in [-0.15, -0.1) is 0 Å². The van der Waals surface area contributed by atoms with Crippen molar-refractivity contribution in [3.8, 4) is 0 Å². The van der Waals surface area contributed by atoms with E-state index >= 15 is 0 Å². The van der Waals surface area contributed by atoms with Crippen LogP contribution >= 0.6 is 27.5 Å². The van der Waals surface area contributed by atoms with E-state index in [9.17, 15) is 21.6 Å². The molecule has 0 saturated carbocycles. The third kappa shape index (κ3) is 4.41. The molecule has 0 bridgehead atoms. The Bertz CT molecular complexity index is 520. The molecule has 17 heavy (non-hydrogen) atoms. The smallest absolute Gasteiger partial charge is 0.242 e. The summed E-state index contributed by atoms with van der Waals surface area (Å²) in [5.74, 6) is 0. The van der Waals surface area contributed by atoms with E-state index < -0.39 is 27.6 Å². The lowest BCUT2D eigenvalue weighted by atomic mass is 10.5. The molecular weight excluding hydrogens is 349 g/mol. The van der Waals surface area contributed by atoms with Gasteiger partial charge in [-0.05, 0) is 22.0 Å². The summed E-state index contributed by atoms with van der Waals surface area (Å²) in [6.07, 6.45) is -3.75. The van der Waals surface area contributed by atoms with Crippen LogP contribution in [-0.2, 0) is 10.0 Å². The Hall–Kier alpha value is -0.380. The van der Waals surface area contributed by atoms with Crippen LogP contribution < -0.4 is 4.72 Å². The number of hydrogen-bond acceptors (Lipinski definition) is 3. The van der Waals surface area contributed by atoms with Crippen molar-refractivity contribution in [2.45, 2.75) is 11.1 Å². The largest absolute Gasteiger partial charge is 0.402 e. The molecule has 1 aromatic rings. The van der Waals surface area contributed by atoms with Gasteiger partial charge in [0.25, 0.3) is 0 Å². The standard InChI is InChI=1S/C7H5BrClF3N2O2S/c8-5-1-4(2-13-6(5)9)17(15,16)14-3-7(10,11)12/h1-2,14H,3H2. The first kappa shape index (κ1) is 14.7. The van der Waals surface area contributed by atoms with Gasteiger partial charge in [0.05, 0.1) is 4.47 Å². The van der Waals surface area contributed by atoms with Crippen molar-refractivity contribution >= 4 is 37.6 Å². The SMILES string of the molecule is O=S(=O)(NCC(F)(F)F)c1cnc(Cl)c(Br)c1. The summed E-state index contributed by atoms with van der Waals surface area (Å²) in [6.45, 7) is -1.64. The van der Waals surface area contributed by atoms with Gasteiger partial charge in [-0.25, -0.2) is 18.1 Å². The van der Waals surface area contributed by atoms with E-state index in [-0.39, 0.29) is 9.63 Å². The van der Waals surface area contributed by atoms with E-state index in [4.69, 9.17) is 11.6 Å². The Morgan fingerprint density at radius 3 is 2.53 bits per heavy atom.